The molecule has 0 amide bonds. The fourth-order valence-electron chi connectivity index (χ4n) is 2.03. The minimum Gasteiger partial charge on any atom is -0.286 e. The van der Waals surface area contributed by atoms with Gasteiger partial charge < -0.3 is 0 Å². The lowest BCUT2D eigenvalue weighted by Crippen LogP contribution is -2.39. The summed E-state index contributed by atoms with van der Waals surface area (Å²) in [6.45, 7) is 0.327. The summed E-state index contributed by atoms with van der Waals surface area (Å²) in [5.74, 6) is 0.119. The fraction of sp³-hybridized carbons (Fsp3) is 0.0625. The number of rotatable bonds is 4. The molecule has 0 atom stereocenters. The third-order valence-electron chi connectivity index (χ3n) is 2.98. The van der Waals surface area contributed by atoms with E-state index in [9.17, 15) is 4.79 Å². The number of hydrogen-bond donors (Lipinski definition) is 0. The number of ketones is 1. The number of pyridine rings is 2. The van der Waals surface area contributed by atoms with Crippen LogP contribution in [0.25, 0.3) is 11.4 Å². The zero-order valence-corrected chi connectivity index (χ0v) is 11.6. The van der Waals surface area contributed by atoms with Crippen LogP contribution >= 0.6 is 11.3 Å². The van der Waals surface area contributed by atoms with Crippen LogP contribution < -0.4 is 4.57 Å². The zero-order valence-electron chi connectivity index (χ0n) is 10.8. The maximum Gasteiger partial charge on any atom is 0.237 e. The van der Waals surface area contributed by atoms with Crippen molar-refractivity contribution in [2.75, 3.05) is 0 Å². The maximum absolute atomic E-state index is 12.2. The Morgan fingerprint density at radius 2 is 2.00 bits per heavy atom. The number of carbonyl (C=O) groups excluding carboxylic acids is 1. The summed E-state index contributed by atoms with van der Waals surface area (Å²) < 4.78 is 1.93. The van der Waals surface area contributed by atoms with Crippen LogP contribution in [-0.2, 0) is 6.54 Å². The minimum atomic E-state index is 0.119. The Labute approximate surface area is 121 Å². The first-order valence-electron chi connectivity index (χ1n) is 6.31. The largest absolute Gasteiger partial charge is 0.286 e. The summed E-state index contributed by atoms with van der Waals surface area (Å²) in [4.78, 5) is 17.4. The Hall–Kier alpha value is -2.33. The van der Waals surface area contributed by atoms with E-state index in [1.165, 1.54) is 11.3 Å². The zero-order chi connectivity index (χ0) is 13.8. The van der Waals surface area contributed by atoms with Crippen molar-refractivity contribution < 1.29 is 9.36 Å². The van der Waals surface area contributed by atoms with E-state index in [0.29, 0.717) is 6.54 Å². The summed E-state index contributed by atoms with van der Waals surface area (Å²) in [6, 6.07) is 15.4. The summed E-state index contributed by atoms with van der Waals surface area (Å²) in [5.41, 5.74) is 1.81. The van der Waals surface area contributed by atoms with Crippen LogP contribution in [0.4, 0.5) is 0 Å². The molecule has 3 aromatic rings. The van der Waals surface area contributed by atoms with Crippen molar-refractivity contribution in [2.24, 2.45) is 0 Å². The highest BCUT2D eigenvalue weighted by Gasteiger charge is 2.18. The average molecular weight is 281 g/mol. The molecule has 3 heterocycles. The van der Waals surface area contributed by atoms with Crippen LogP contribution in [0.5, 0.6) is 0 Å². The number of Topliss-reactive ketones (excluding diaryl/α,β-unsaturated/α-hetero) is 1. The quantitative estimate of drug-likeness (QED) is 0.544. The van der Waals surface area contributed by atoms with Crippen molar-refractivity contribution in [3.63, 3.8) is 0 Å². The van der Waals surface area contributed by atoms with E-state index in [1.54, 1.807) is 6.20 Å². The fourth-order valence-corrected chi connectivity index (χ4v) is 2.69. The van der Waals surface area contributed by atoms with Crippen LogP contribution in [0, 0.1) is 0 Å². The van der Waals surface area contributed by atoms with Gasteiger partial charge in [0.15, 0.2) is 6.20 Å². The van der Waals surface area contributed by atoms with Crippen LogP contribution in [0.2, 0.25) is 0 Å². The highest BCUT2D eigenvalue weighted by atomic mass is 32.1. The first-order chi connectivity index (χ1) is 9.84. The van der Waals surface area contributed by atoms with E-state index in [2.05, 4.69) is 4.98 Å². The normalized spacial score (nSPS) is 10.4. The molecule has 0 aliphatic carbocycles. The third-order valence-corrected chi connectivity index (χ3v) is 3.89. The molecule has 0 radical (unpaired) electrons. The predicted octanol–water partition coefficient (Wildman–Crippen LogP) is 2.98. The molecule has 20 heavy (non-hydrogen) atoms. The van der Waals surface area contributed by atoms with Crippen molar-refractivity contribution >= 4 is 17.1 Å². The average Bonchev–Trinajstić information content (AvgIpc) is 3.03. The Balaban J connectivity index is 1.93. The molecule has 0 aromatic carbocycles. The SMILES string of the molecule is O=C(C[n+]1ccccc1-c1ccccn1)c1cccs1. The maximum atomic E-state index is 12.2. The van der Waals surface area contributed by atoms with E-state index in [0.717, 1.165) is 16.3 Å². The first-order valence-corrected chi connectivity index (χ1v) is 7.19. The molecule has 0 bridgehead atoms. The van der Waals surface area contributed by atoms with Crippen LogP contribution in [0.3, 0.4) is 0 Å². The van der Waals surface area contributed by atoms with Gasteiger partial charge in [0.05, 0.1) is 4.88 Å². The van der Waals surface area contributed by atoms with Crippen LogP contribution in [0.1, 0.15) is 9.67 Å². The molecular formula is C16H13N2OS+. The molecular weight excluding hydrogens is 268 g/mol. The molecule has 0 unspecified atom stereocenters. The smallest absolute Gasteiger partial charge is 0.237 e. The lowest BCUT2D eigenvalue weighted by molar-refractivity contribution is -0.672. The highest BCUT2D eigenvalue weighted by molar-refractivity contribution is 7.12. The van der Waals surface area contributed by atoms with E-state index in [1.807, 2.05) is 64.7 Å². The summed E-state index contributed by atoms with van der Waals surface area (Å²) in [7, 11) is 0. The Bertz CT molecular complexity index is 708. The number of aromatic nitrogens is 2. The van der Waals surface area contributed by atoms with Crippen molar-refractivity contribution in [2.45, 2.75) is 6.54 Å². The van der Waals surface area contributed by atoms with Gasteiger partial charge in [0, 0.05) is 18.3 Å². The lowest BCUT2D eigenvalue weighted by Gasteiger charge is -2.02. The molecule has 3 rings (SSSR count). The Kier molecular flexibility index (Phi) is 3.65. The molecule has 0 saturated carbocycles. The van der Waals surface area contributed by atoms with Crippen LogP contribution in [0.15, 0.2) is 66.3 Å². The molecule has 0 saturated heterocycles. The van der Waals surface area contributed by atoms with Gasteiger partial charge in [-0.3, -0.25) is 4.79 Å². The predicted molar refractivity (Wildman–Crippen MR) is 78.5 cm³/mol. The van der Waals surface area contributed by atoms with Crippen molar-refractivity contribution in [1.82, 2.24) is 4.98 Å². The molecule has 0 N–H and O–H groups in total. The number of thiophene rings is 1. The first kappa shape index (κ1) is 12.7. The molecule has 0 spiro atoms. The van der Waals surface area contributed by atoms with Gasteiger partial charge >= 0.3 is 0 Å². The lowest BCUT2D eigenvalue weighted by atomic mass is 10.2. The minimum absolute atomic E-state index is 0.119. The monoisotopic (exact) mass is 281 g/mol. The van der Waals surface area contributed by atoms with Gasteiger partial charge in [-0.2, -0.15) is 4.57 Å². The third kappa shape index (κ3) is 2.65. The standard InChI is InChI=1S/C16H13N2OS/c19-15(16-8-5-11-20-16)12-18-10-4-2-7-14(18)13-6-1-3-9-17-13/h1-11H,12H2/q+1. The van der Waals surface area contributed by atoms with E-state index < -0.39 is 0 Å². The summed E-state index contributed by atoms with van der Waals surface area (Å²) >= 11 is 1.47. The van der Waals surface area contributed by atoms with Crippen molar-refractivity contribution in [3.05, 3.63) is 71.2 Å². The second-order valence-electron chi connectivity index (χ2n) is 4.33. The Morgan fingerprint density at radius 3 is 2.75 bits per heavy atom. The van der Waals surface area contributed by atoms with E-state index in [4.69, 9.17) is 0 Å². The van der Waals surface area contributed by atoms with Crippen molar-refractivity contribution in [3.8, 4) is 11.4 Å². The van der Waals surface area contributed by atoms with Gasteiger partial charge in [-0.05, 0) is 29.6 Å². The molecule has 4 heteroatoms. The highest BCUT2D eigenvalue weighted by Crippen LogP contribution is 2.13. The second kappa shape index (κ2) is 5.75. The van der Waals surface area contributed by atoms with Gasteiger partial charge in [0.25, 0.3) is 0 Å². The molecule has 98 valence electrons. The number of hydrogen-bond acceptors (Lipinski definition) is 3. The van der Waals surface area contributed by atoms with Gasteiger partial charge in [0.2, 0.25) is 18.0 Å². The van der Waals surface area contributed by atoms with Crippen LogP contribution in [-0.4, -0.2) is 10.8 Å². The molecule has 0 aliphatic heterocycles. The topological polar surface area (TPSA) is 33.8 Å². The van der Waals surface area contributed by atoms with Gasteiger partial charge in [-0.1, -0.05) is 12.1 Å². The van der Waals surface area contributed by atoms with E-state index in [-0.39, 0.29) is 5.78 Å². The van der Waals surface area contributed by atoms with Crippen molar-refractivity contribution in [1.29, 1.82) is 0 Å². The number of nitrogens with zero attached hydrogens (tertiary/aromatic N) is 2. The summed E-state index contributed by atoms with van der Waals surface area (Å²) in [5, 5.41) is 1.92. The molecule has 3 nitrogen and oxygen atoms in total. The Morgan fingerprint density at radius 1 is 1.10 bits per heavy atom. The van der Waals surface area contributed by atoms with Gasteiger partial charge in [-0.15, -0.1) is 11.3 Å². The van der Waals surface area contributed by atoms with Gasteiger partial charge in [0.1, 0.15) is 5.69 Å². The molecule has 0 fully saturated rings. The molecule has 3 aromatic heterocycles. The number of carbonyl (C=O) groups is 1. The summed E-state index contributed by atoms with van der Waals surface area (Å²) in [6.07, 6.45) is 3.67. The van der Waals surface area contributed by atoms with E-state index >= 15 is 0 Å². The van der Waals surface area contributed by atoms with Gasteiger partial charge in [-0.25, -0.2) is 4.98 Å². The second-order valence-corrected chi connectivity index (χ2v) is 5.28. The molecule has 0 aliphatic rings.